The second-order valence-corrected chi connectivity index (χ2v) is 37.0. The maximum absolute atomic E-state index is 2.61. The summed E-state index contributed by atoms with van der Waals surface area (Å²) in [6.07, 6.45) is 0. The lowest BCUT2D eigenvalue weighted by molar-refractivity contribution is 0.796. The Bertz CT molecular complexity index is 411. The van der Waals surface area contributed by atoms with Crippen molar-refractivity contribution in [3.63, 3.8) is 0 Å². The van der Waals surface area contributed by atoms with Crippen molar-refractivity contribution in [1.29, 1.82) is 0 Å². The monoisotopic (exact) mass is 342 g/mol. The predicted molar refractivity (Wildman–Crippen MR) is 106 cm³/mol. The molecule has 0 spiro atoms. The Morgan fingerprint density at radius 1 is 0.750 bits per heavy atom. The molecule has 114 valence electrons. The van der Waals surface area contributed by atoms with Gasteiger partial charge in [0, 0.05) is 0 Å². The Labute approximate surface area is 130 Å². The molecule has 1 atom stereocenters. The van der Waals surface area contributed by atoms with Gasteiger partial charge in [-0.15, -0.1) is 6.71 Å². The summed E-state index contributed by atoms with van der Waals surface area (Å²) < 4.78 is 0. The van der Waals surface area contributed by atoms with Crippen LogP contribution in [0.4, 0.5) is 0 Å². The Morgan fingerprint density at radius 3 is 1.45 bits per heavy atom. The number of benzene rings is 1. The van der Waals surface area contributed by atoms with Crippen molar-refractivity contribution in [1.82, 2.24) is 0 Å². The van der Waals surface area contributed by atoms with Crippen LogP contribution >= 0.6 is 14.3 Å². The summed E-state index contributed by atoms with van der Waals surface area (Å²) in [5, 5.41) is 2.06. The largest absolute Gasteiger partial charge is 0.100 e. The molecule has 0 N–H and O–H groups in total. The van der Waals surface area contributed by atoms with Crippen molar-refractivity contribution in [2.24, 2.45) is 0 Å². The lowest BCUT2D eigenvalue weighted by Crippen LogP contribution is -2.36. The van der Waals surface area contributed by atoms with Gasteiger partial charge in [0.05, 0.1) is 15.5 Å². The zero-order valence-electron chi connectivity index (χ0n) is 14.8. The smallest absolute Gasteiger partial charge is 0.0732 e. The molecule has 0 aromatic heterocycles. The molecule has 0 saturated carbocycles. The van der Waals surface area contributed by atoms with Gasteiger partial charge in [-0.1, -0.05) is 98.0 Å². The van der Waals surface area contributed by atoms with E-state index in [2.05, 4.69) is 90.4 Å². The quantitative estimate of drug-likeness (QED) is 0.424. The third-order valence-corrected chi connectivity index (χ3v) is 45.9. The molecule has 0 saturated heterocycles. The van der Waals surface area contributed by atoms with Gasteiger partial charge in [0.15, 0.2) is 0 Å². The van der Waals surface area contributed by atoms with Crippen LogP contribution in [0.2, 0.25) is 39.3 Å². The summed E-state index contributed by atoms with van der Waals surface area (Å²) in [4.78, 5) is 0. The summed E-state index contributed by atoms with van der Waals surface area (Å²) in [5.74, 6) is 0. The Kier molecular flexibility index (Phi) is 5.87. The first-order valence-corrected chi connectivity index (χ1v) is 19.6. The van der Waals surface area contributed by atoms with Gasteiger partial charge in [0.1, 0.15) is 0 Å². The van der Waals surface area contributed by atoms with E-state index in [9.17, 15) is 0 Å². The minimum Gasteiger partial charge on any atom is -0.100 e. The van der Waals surface area contributed by atoms with Gasteiger partial charge in [0.2, 0.25) is 0 Å². The average molecular weight is 343 g/mol. The normalized spacial score (nSPS) is 15.5. The third kappa shape index (κ3) is 4.77. The van der Waals surface area contributed by atoms with Crippen LogP contribution in [-0.4, -0.2) is 20.6 Å². The van der Waals surface area contributed by atoms with Crippen molar-refractivity contribution in [3.8, 4) is 0 Å². The SMILES string of the molecule is CC(C)(C)P(c1ccccc1)P([Si](C)(C)C)[Si](C)(C)C. The van der Waals surface area contributed by atoms with Crippen molar-refractivity contribution in [3.05, 3.63) is 30.3 Å². The van der Waals surface area contributed by atoms with E-state index in [1.54, 1.807) is 5.30 Å². The molecule has 0 aliphatic heterocycles. The zero-order chi connectivity index (χ0) is 15.8. The highest BCUT2D eigenvalue weighted by atomic mass is 32.3. The number of hydrogen-bond donors (Lipinski definition) is 0. The highest BCUT2D eigenvalue weighted by molar-refractivity contribution is 8.59. The summed E-state index contributed by atoms with van der Waals surface area (Å²) in [7, 11) is -2.29. The van der Waals surface area contributed by atoms with Gasteiger partial charge in [-0.2, -0.15) is 0 Å². The lowest BCUT2D eigenvalue weighted by atomic mass is 10.3. The number of rotatable bonds is 4. The van der Waals surface area contributed by atoms with Gasteiger partial charge in [0.25, 0.3) is 0 Å². The van der Waals surface area contributed by atoms with Crippen LogP contribution in [0.5, 0.6) is 0 Å². The van der Waals surface area contributed by atoms with Gasteiger partial charge in [-0.05, 0) is 10.5 Å². The Morgan fingerprint density at radius 2 is 1.15 bits per heavy atom. The topological polar surface area (TPSA) is 0 Å². The fourth-order valence-corrected chi connectivity index (χ4v) is 57.2. The molecular formula is C16H32P2Si2. The zero-order valence-corrected chi connectivity index (χ0v) is 18.6. The summed E-state index contributed by atoms with van der Waals surface area (Å²) in [6, 6.07) is 11.4. The van der Waals surface area contributed by atoms with Gasteiger partial charge in [-0.25, -0.2) is 0 Å². The maximum Gasteiger partial charge on any atom is 0.0732 e. The molecule has 1 unspecified atom stereocenters. The van der Waals surface area contributed by atoms with E-state index < -0.39 is 15.5 Å². The van der Waals surface area contributed by atoms with Crippen molar-refractivity contribution >= 4 is 35.1 Å². The molecular weight excluding hydrogens is 310 g/mol. The summed E-state index contributed by atoms with van der Waals surface area (Å²) in [5.41, 5.74) is 0. The van der Waals surface area contributed by atoms with Crippen LogP contribution in [-0.2, 0) is 0 Å². The average Bonchev–Trinajstić information content (AvgIpc) is 2.21. The molecule has 1 rings (SSSR count). The van der Waals surface area contributed by atoms with Crippen LogP contribution in [0.25, 0.3) is 0 Å². The van der Waals surface area contributed by atoms with E-state index in [1.807, 2.05) is 0 Å². The highest BCUT2D eigenvalue weighted by Gasteiger charge is 2.46. The van der Waals surface area contributed by atoms with Crippen molar-refractivity contribution < 1.29 is 0 Å². The summed E-state index contributed by atoms with van der Waals surface area (Å²) in [6.45, 7) is 23.3. The first-order valence-electron chi connectivity index (χ1n) is 7.51. The van der Waals surface area contributed by atoms with E-state index in [4.69, 9.17) is 0 Å². The first-order chi connectivity index (χ1) is 8.85. The second kappa shape index (κ2) is 6.33. The van der Waals surface area contributed by atoms with Gasteiger partial charge >= 0.3 is 0 Å². The van der Waals surface area contributed by atoms with E-state index in [1.165, 1.54) is 0 Å². The van der Waals surface area contributed by atoms with E-state index >= 15 is 0 Å². The van der Waals surface area contributed by atoms with Gasteiger partial charge in [-0.3, -0.25) is 0 Å². The molecule has 4 heteroatoms. The Balaban J connectivity index is 3.43. The molecule has 0 heterocycles. The molecule has 0 amide bonds. The minimum atomic E-state index is -1.12. The predicted octanol–water partition coefficient (Wildman–Crippen LogP) is 6.66. The Hall–Kier alpha value is 0.514. The maximum atomic E-state index is 2.61. The first kappa shape index (κ1) is 18.6. The van der Waals surface area contributed by atoms with E-state index in [0.29, 0.717) is 5.16 Å². The second-order valence-electron chi connectivity index (χ2n) is 8.47. The van der Waals surface area contributed by atoms with Crippen molar-refractivity contribution in [2.45, 2.75) is 65.2 Å². The standard InChI is InChI=1S/C16H32P2Si2/c1-16(2,3)17(15-13-11-10-12-14-15)18(19(4,5)6)20(7,8)9/h10-14H,1-9H3. The number of hydrogen-bond acceptors (Lipinski definition) is 0. The molecule has 0 nitrogen and oxygen atoms in total. The molecule has 0 bridgehead atoms. The molecule has 0 radical (unpaired) electrons. The van der Waals surface area contributed by atoms with Crippen LogP contribution in [0.15, 0.2) is 30.3 Å². The summed E-state index contributed by atoms with van der Waals surface area (Å²) >= 11 is 0. The fourth-order valence-electron chi connectivity index (χ4n) is 2.98. The van der Waals surface area contributed by atoms with Crippen molar-refractivity contribution in [2.75, 3.05) is 0 Å². The molecule has 0 aliphatic rings. The van der Waals surface area contributed by atoms with Crippen LogP contribution < -0.4 is 5.30 Å². The van der Waals surface area contributed by atoms with Crippen LogP contribution in [0.3, 0.4) is 0 Å². The molecule has 0 fully saturated rings. The highest BCUT2D eigenvalue weighted by Crippen LogP contribution is 2.81. The molecule has 1 aromatic rings. The van der Waals surface area contributed by atoms with E-state index in [-0.39, 0.29) is 14.3 Å². The lowest BCUT2D eigenvalue weighted by Gasteiger charge is -2.50. The fraction of sp³-hybridized carbons (Fsp3) is 0.625. The molecule has 0 aliphatic carbocycles. The van der Waals surface area contributed by atoms with Crippen LogP contribution in [0, 0.1) is 0 Å². The molecule has 1 aromatic carbocycles. The molecule has 20 heavy (non-hydrogen) atoms. The van der Waals surface area contributed by atoms with E-state index in [0.717, 1.165) is 0 Å². The van der Waals surface area contributed by atoms with Crippen LogP contribution in [0.1, 0.15) is 20.8 Å². The third-order valence-electron chi connectivity index (χ3n) is 3.11. The minimum absolute atomic E-state index is 0.0481. The van der Waals surface area contributed by atoms with Gasteiger partial charge < -0.3 is 0 Å².